The summed E-state index contributed by atoms with van der Waals surface area (Å²) in [6, 6.07) is 5.18. The fourth-order valence-electron chi connectivity index (χ4n) is 2.95. The average molecular weight is 353 g/mol. The maximum absolute atomic E-state index is 14.2. The van der Waals surface area contributed by atoms with Gasteiger partial charge in [0.1, 0.15) is 11.9 Å². The van der Waals surface area contributed by atoms with E-state index >= 15 is 0 Å². The minimum Gasteiger partial charge on any atom is -0.478 e. The van der Waals surface area contributed by atoms with Gasteiger partial charge in [-0.05, 0) is 24.3 Å². The van der Waals surface area contributed by atoms with Crippen LogP contribution >= 0.6 is 11.8 Å². The lowest BCUT2D eigenvalue weighted by Crippen LogP contribution is -2.43. The highest BCUT2D eigenvalue weighted by Crippen LogP contribution is 2.33. The highest BCUT2D eigenvalue weighted by molar-refractivity contribution is 7.99. The van der Waals surface area contributed by atoms with Gasteiger partial charge in [0, 0.05) is 30.0 Å². The first-order chi connectivity index (χ1) is 11.5. The van der Waals surface area contributed by atoms with Gasteiger partial charge in [-0.2, -0.15) is 11.8 Å². The molecule has 1 aromatic carbocycles. The molecule has 0 aliphatic carbocycles. The second-order valence-electron chi connectivity index (χ2n) is 5.49. The minimum atomic E-state index is -1.02. The number of benzene rings is 1. The first-order valence-electron chi connectivity index (χ1n) is 7.50. The molecule has 1 unspecified atom stereocenters. The maximum Gasteiger partial charge on any atom is 0.328 e. The molecule has 1 fully saturated rings. The molecule has 0 aromatic heterocycles. The van der Waals surface area contributed by atoms with Crippen molar-refractivity contribution in [3.63, 3.8) is 0 Å². The Labute approximate surface area is 144 Å². The number of hydrogen-bond acceptors (Lipinski definition) is 5. The maximum atomic E-state index is 14.2. The number of aliphatic carboxylic acids is 1. The zero-order valence-corrected chi connectivity index (χ0v) is 14.4. The third kappa shape index (κ3) is 4.15. The summed E-state index contributed by atoms with van der Waals surface area (Å²) in [6.45, 7) is 0.836. The molecule has 130 valence electrons. The molecule has 0 saturated carbocycles. The number of rotatable bonds is 5. The molecule has 24 heavy (non-hydrogen) atoms. The van der Waals surface area contributed by atoms with Crippen molar-refractivity contribution in [3.8, 4) is 0 Å². The second kappa shape index (κ2) is 8.30. The zero-order valence-electron chi connectivity index (χ0n) is 13.6. The van der Waals surface area contributed by atoms with Crippen molar-refractivity contribution in [1.29, 1.82) is 0 Å². The lowest BCUT2D eigenvalue weighted by atomic mass is 9.98. The van der Waals surface area contributed by atoms with Crippen molar-refractivity contribution in [1.82, 2.24) is 4.90 Å². The number of ether oxygens (including phenoxy) is 1. The zero-order chi connectivity index (χ0) is 17.7. The number of carbonyl (C=O) groups excluding carboxylic acids is 1. The molecule has 1 aliphatic heterocycles. The Kier molecular flexibility index (Phi) is 6.39. The summed E-state index contributed by atoms with van der Waals surface area (Å²) in [7, 11) is 1.26. The van der Waals surface area contributed by atoms with E-state index in [0.29, 0.717) is 18.5 Å². The molecule has 0 amide bonds. The Balaban J connectivity index is 2.36. The van der Waals surface area contributed by atoms with Crippen molar-refractivity contribution in [2.75, 3.05) is 26.5 Å². The fourth-order valence-corrected chi connectivity index (χ4v) is 3.74. The van der Waals surface area contributed by atoms with E-state index in [9.17, 15) is 14.0 Å². The fraction of sp³-hybridized carbons (Fsp3) is 0.412. The Morgan fingerprint density at radius 1 is 1.46 bits per heavy atom. The third-order valence-electron chi connectivity index (χ3n) is 4.06. The van der Waals surface area contributed by atoms with Gasteiger partial charge in [0.15, 0.2) is 0 Å². The highest BCUT2D eigenvalue weighted by Gasteiger charge is 2.35. The van der Waals surface area contributed by atoms with Crippen LogP contribution in [0.2, 0.25) is 0 Å². The molecule has 1 aliphatic rings. The predicted octanol–water partition coefficient (Wildman–Crippen LogP) is 2.49. The van der Waals surface area contributed by atoms with E-state index in [4.69, 9.17) is 9.84 Å². The van der Waals surface area contributed by atoms with Crippen LogP contribution in [-0.4, -0.2) is 53.7 Å². The molecule has 2 atom stereocenters. The molecule has 0 bridgehead atoms. The van der Waals surface area contributed by atoms with E-state index < -0.39 is 23.8 Å². The summed E-state index contributed by atoms with van der Waals surface area (Å²) in [5, 5.41) is 9.14. The molecule has 7 heteroatoms. The third-order valence-corrected chi connectivity index (χ3v) is 5.17. The Bertz CT molecular complexity index is 649. The summed E-state index contributed by atoms with van der Waals surface area (Å²) in [5.74, 6) is -2.06. The molecule has 1 heterocycles. The number of thioether (sulfide) groups is 1. The summed E-state index contributed by atoms with van der Waals surface area (Å²) < 4.78 is 19.1. The molecular formula is C17H20FNO4S. The smallest absolute Gasteiger partial charge is 0.328 e. The van der Waals surface area contributed by atoms with Gasteiger partial charge in [0.25, 0.3) is 0 Å². The summed E-state index contributed by atoms with van der Waals surface area (Å²) in [5.41, 5.74) is 0.952. The predicted molar refractivity (Wildman–Crippen MR) is 90.4 cm³/mol. The molecular weight excluding hydrogens is 333 g/mol. The van der Waals surface area contributed by atoms with E-state index in [-0.39, 0.29) is 17.4 Å². The molecule has 1 N–H and O–H groups in total. The van der Waals surface area contributed by atoms with E-state index in [2.05, 4.69) is 0 Å². The lowest BCUT2D eigenvalue weighted by Gasteiger charge is -2.37. The van der Waals surface area contributed by atoms with Crippen molar-refractivity contribution in [2.24, 2.45) is 0 Å². The Morgan fingerprint density at radius 3 is 2.75 bits per heavy atom. The number of halogens is 1. The van der Waals surface area contributed by atoms with Gasteiger partial charge in [0.2, 0.25) is 0 Å². The summed E-state index contributed by atoms with van der Waals surface area (Å²) in [6.07, 6.45) is 3.79. The lowest BCUT2D eigenvalue weighted by molar-refractivity contribution is -0.147. The topological polar surface area (TPSA) is 66.8 Å². The van der Waals surface area contributed by atoms with Gasteiger partial charge in [-0.1, -0.05) is 18.2 Å². The van der Waals surface area contributed by atoms with E-state index in [0.717, 1.165) is 0 Å². The number of carbonyl (C=O) groups is 2. The number of esters is 1. The van der Waals surface area contributed by atoms with Gasteiger partial charge in [-0.3, -0.25) is 4.90 Å². The molecule has 1 aromatic rings. The number of carboxylic acids is 1. The molecule has 5 nitrogen and oxygen atoms in total. The van der Waals surface area contributed by atoms with Gasteiger partial charge >= 0.3 is 11.9 Å². The molecule has 1 saturated heterocycles. The Hall–Kier alpha value is -1.86. The van der Waals surface area contributed by atoms with Gasteiger partial charge < -0.3 is 9.84 Å². The molecule has 0 spiro atoms. The molecule has 2 rings (SSSR count). The van der Waals surface area contributed by atoms with Gasteiger partial charge in [-0.25, -0.2) is 14.0 Å². The van der Waals surface area contributed by atoms with Crippen LogP contribution < -0.4 is 0 Å². The van der Waals surface area contributed by atoms with Crippen LogP contribution in [0.5, 0.6) is 0 Å². The highest BCUT2D eigenvalue weighted by atomic mass is 32.2. The van der Waals surface area contributed by atoms with Crippen molar-refractivity contribution in [3.05, 3.63) is 47.3 Å². The van der Waals surface area contributed by atoms with E-state index in [1.165, 1.54) is 19.3 Å². The van der Waals surface area contributed by atoms with Crippen LogP contribution in [0.25, 0.3) is 0 Å². The number of carboxylic acid groups (broad SMARTS) is 1. The number of piperidine rings is 1. The number of hydrogen-bond donors (Lipinski definition) is 1. The first-order valence-corrected chi connectivity index (χ1v) is 8.79. The van der Waals surface area contributed by atoms with E-state index in [1.807, 2.05) is 6.26 Å². The largest absolute Gasteiger partial charge is 0.478 e. The van der Waals surface area contributed by atoms with Crippen molar-refractivity contribution < 1.29 is 23.8 Å². The summed E-state index contributed by atoms with van der Waals surface area (Å²) in [4.78, 5) is 25.1. The van der Waals surface area contributed by atoms with Crippen LogP contribution in [-0.2, 0) is 14.3 Å². The monoisotopic (exact) mass is 353 g/mol. The van der Waals surface area contributed by atoms with Gasteiger partial charge in [-0.15, -0.1) is 0 Å². The number of likely N-dealkylation sites (tertiary alicyclic amines) is 1. The number of nitrogens with zero attached hydrogens (tertiary/aromatic N) is 1. The quantitative estimate of drug-likeness (QED) is 0.648. The molecule has 0 radical (unpaired) electrons. The van der Waals surface area contributed by atoms with Gasteiger partial charge in [0.05, 0.1) is 7.11 Å². The second-order valence-corrected chi connectivity index (χ2v) is 6.53. The van der Waals surface area contributed by atoms with Crippen LogP contribution in [0.1, 0.15) is 18.0 Å². The SMILES string of the molecule is COC(=O)C(c1ccccc1F)N1CC[C@@H](SC)/C(=C\C(=O)O)C1. The van der Waals surface area contributed by atoms with Crippen molar-refractivity contribution in [2.45, 2.75) is 17.7 Å². The normalized spacial score (nSPS) is 21.5. The average Bonchev–Trinajstić information content (AvgIpc) is 2.56. The van der Waals surface area contributed by atoms with E-state index in [1.54, 1.807) is 34.9 Å². The summed E-state index contributed by atoms with van der Waals surface area (Å²) >= 11 is 1.57. The van der Waals surface area contributed by atoms with Crippen molar-refractivity contribution >= 4 is 23.7 Å². The standard InChI is InChI=1S/C17H20FNO4S/c1-23-17(22)16(12-5-3-4-6-13(12)18)19-8-7-14(24-2)11(10-19)9-15(20)21/h3-6,9,14,16H,7-8,10H2,1-2H3,(H,20,21)/b11-9-/t14-,16?/m1/s1. The minimum absolute atomic E-state index is 0.0799. The van der Waals surface area contributed by atoms with Crippen LogP contribution in [0.15, 0.2) is 35.9 Å². The first kappa shape index (κ1) is 18.5. The van der Waals surface area contributed by atoms with Crippen LogP contribution in [0.3, 0.4) is 0 Å². The Morgan fingerprint density at radius 2 is 2.17 bits per heavy atom. The van der Waals surface area contributed by atoms with Crippen LogP contribution in [0, 0.1) is 5.82 Å². The van der Waals surface area contributed by atoms with Crippen LogP contribution in [0.4, 0.5) is 4.39 Å². The number of methoxy groups -OCH3 is 1.